The lowest BCUT2D eigenvalue weighted by Crippen LogP contribution is -2.36. The summed E-state index contributed by atoms with van der Waals surface area (Å²) in [5.41, 5.74) is 3.24. The number of para-hydroxylation sites is 1. The Bertz CT molecular complexity index is 1040. The molecule has 0 unspecified atom stereocenters. The number of nitrogens with one attached hydrogen (secondary N) is 2. The average Bonchev–Trinajstić information content (AvgIpc) is 3.15. The summed E-state index contributed by atoms with van der Waals surface area (Å²) in [6.07, 6.45) is 2.09. The zero-order valence-electron chi connectivity index (χ0n) is 15.5. The van der Waals surface area contributed by atoms with Crippen molar-refractivity contribution < 1.29 is 14.0 Å². The Morgan fingerprint density at radius 2 is 1.90 bits per heavy atom. The Morgan fingerprint density at radius 1 is 1.10 bits per heavy atom. The van der Waals surface area contributed by atoms with Gasteiger partial charge >= 0.3 is 6.03 Å². The number of hydrogen-bond donors (Lipinski definition) is 2. The highest BCUT2D eigenvalue weighted by atomic mass is 32.1. The molecule has 2 heterocycles. The van der Waals surface area contributed by atoms with Crippen LogP contribution >= 0.6 is 11.3 Å². The van der Waals surface area contributed by atoms with Crippen molar-refractivity contribution in [2.75, 3.05) is 22.1 Å². The number of rotatable bonds is 4. The van der Waals surface area contributed by atoms with Gasteiger partial charge in [-0.3, -0.25) is 10.1 Å². The summed E-state index contributed by atoms with van der Waals surface area (Å²) in [6, 6.07) is 12.9. The summed E-state index contributed by atoms with van der Waals surface area (Å²) in [5.74, 6) is -0.383. The lowest BCUT2D eigenvalue weighted by atomic mass is 10.0. The first kappa shape index (κ1) is 19.1. The number of anilines is 3. The van der Waals surface area contributed by atoms with Gasteiger partial charge in [-0.1, -0.05) is 18.2 Å². The first-order valence-corrected chi connectivity index (χ1v) is 10.1. The van der Waals surface area contributed by atoms with Gasteiger partial charge in [0.05, 0.1) is 12.1 Å². The number of urea groups is 1. The molecule has 4 rings (SSSR count). The van der Waals surface area contributed by atoms with Crippen LogP contribution in [0.25, 0.3) is 0 Å². The number of aromatic nitrogens is 1. The molecule has 2 aromatic carbocycles. The van der Waals surface area contributed by atoms with Crippen LogP contribution in [-0.4, -0.2) is 23.5 Å². The van der Waals surface area contributed by atoms with Crippen LogP contribution in [0.3, 0.4) is 0 Å². The van der Waals surface area contributed by atoms with Crippen LogP contribution in [0.5, 0.6) is 0 Å². The van der Waals surface area contributed by atoms with Gasteiger partial charge in [-0.2, -0.15) is 0 Å². The lowest BCUT2D eigenvalue weighted by molar-refractivity contribution is -0.118. The normalized spacial score (nSPS) is 12.9. The molecule has 0 aliphatic carbocycles. The Kier molecular flexibility index (Phi) is 5.53. The van der Waals surface area contributed by atoms with Crippen LogP contribution in [0.4, 0.5) is 25.7 Å². The molecule has 0 fully saturated rings. The number of halogens is 1. The largest absolute Gasteiger partial charge is 0.325 e. The molecule has 0 saturated carbocycles. The van der Waals surface area contributed by atoms with E-state index in [2.05, 4.69) is 21.7 Å². The van der Waals surface area contributed by atoms with Crippen LogP contribution in [0.1, 0.15) is 17.7 Å². The van der Waals surface area contributed by atoms with Crippen molar-refractivity contribution in [3.05, 3.63) is 71.0 Å². The van der Waals surface area contributed by atoms with Crippen LogP contribution in [-0.2, 0) is 17.6 Å². The molecule has 1 aromatic heterocycles. The van der Waals surface area contributed by atoms with Crippen molar-refractivity contribution in [1.82, 2.24) is 4.98 Å². The van der Waals surface area contributed by atoms with Crippen molar-refractivity contribution in [3.63, 3.8) is 0 Å². The van der Waals surface area contributed by atoms with Gasteiger partial charge < -0.3 is 10.2 Å². The number of thiazole rings is 1. The number of carbonyl (C=O) groups is 2. The third kappa shape index (κ3) is 4.60. The summed E-state index contributed by atoms with van der Waals surface area (Å²) in [4.78, 5) is 31.0. The van der Waals surface area contributed by atoms with E-state index >= 15 is 0 Å². The van der Waals surface area contributed by atoms with E-state index in [4.69, 9.17) is 0 Å². The third-order valence-electron chi connectivity index (χ3n) is 4.62. The predicted molar refractivity (Wildman–Crippen MR) is 112 cm³/mol. The predicted octanol–water partition coefficient (Wildman–Crippen LogP) is 4.45. The Labute approximate surface area is 171 Å². The smallest absolute Gasteiger partial charge is 0.312 e. The molecule has 3 aromatic rings. The van der Waals surface area contributed by atoms with Gasteiger partial charge in [0.2, 0.25) is 5.91 Å². The number of aryl methyl sites for hydroxylation is 1. The topological polar surface area (TPSA) is 74.3 Å². The molecule has 0 bridgehead atoms. The summed E-state index contributed by atoms with van der Waals surface area (Å²) in [6.45, 7) is 0.700. The number of carbonyl (C=O) groups excluding carboxylic acids is 2. The molecule has 8 heteroatoms. The van der Waals surface area contributed by atoms with E-state index in [1.54, 1.807) is 5.38 Å². The summed E-state index contributed by atoms with van der Waals surface area (Å²) >= 11 is 1.25. The van der Waals surface area contributed by atoms with Crippen molar-refractivity contribution in [3.8, 4) is 0 Å². The molecule has 2 N–H and O–H groups in total. The minimum Gasteiger partial charge on any atom is -0.312 e. The Hall–Kier alpha value is -3.26. The van der Waals surface area contributed by atoms with Gasteiger partial charge in [-0.15, -0.1) is 11.3 Å². The number of benzene rings is 2. The second-order valence-electron chi connectivity index (χ2n) is 6.68. The zero-order chi connectivity index (χ0) is 20.2. The molecule has 29 heavy (non-hydrogen) atoms. The molecule has 148 valence electrons. The zero-order valence-corrected chi connectivity index (χ0v) is 16.3. The standard InChI is InChI=1S/C21H19FN4O2S/c22-15-7-9-16(10-8-15)23-20(28)25-21-24-17(13-29-21)12-19(27)26-11-3-5-14-4-1-2-6-18(14)26/h1-2,4,6-10,13H,3,5,11-12H2,(H2,23,24,25,28). The summed E-state index contributed by atoms with van der Waals surface area (Å²) in [5, 5.41) is 7.40. The molecular formula is C21H19FN4O2S. The van der Waals surface area contributed by atoms with E-state index in [0.29, 0.717) is 23.1 Å². The minimum atomic E-state index is -0.478. The maximum Gasteiger partial charge on any atom is 0.325 e. The van der Waals surface area contributed by atoms with Gasteiger partial charge in [-0.25, -0.2) is 14.2 Å². The molecule has 0 radical (unpaired) electrons. The number of hydrogen-bond acceptors (Lipinski definition) is 4. The molecule has 1 aliphatic heterocycles. The van der Waals surface area contributed by atoms with Crippen LogP contribution in [0, 0.1) is 5.82 Å². The van der Waals surface area contributed by atoms with Crippen molar-refractivity contribution in [1.29, 1.82) is 0 Å². The van der Waals surface area contributed by atoms with Gasteiger partial charge in [-0.05, 0) is 48.7 Å². The van der Waals surface area contributed by atoms with E-state index in [9.17, 15) is 14.0 Å². The van der Waals surface area contributed by atoms with Gasteiger partial charge in [0, 0.05) is 23.3 Å². The first-order chi connectivity index (χ1) is 14.1. The molecule has 3 amide bonds. The molecule has 1 aliphatic rings. The van der Waals surface area contributed by atoms with Crippen molar-refractivity contribution in [2.24, 2.45) is 0 Å². The summed E-state index contributed by atoms with van der Waals surface area (Å²) in [7, 11) is 0. The minimum absolute atomic E-state index is 0.00948. The molecule has 0 atom stereocenters. The Balaban J connectivity index is 1.36. The lowest BCUT2D eigenvalue weighted by Gasteiger charge is -2.29. The Morgan fingerprint density at radius 3 is 2.72 bits per heavy atom. The van der Waals surface area contributed by atoms with Crippen LogP contribution in [0.2, 0.25) is 0 Å². The molecule has 0 spiro atoms. The fraction of sp³-hybridized carbons (Fsp3) is 0.190. The number of fused-ring (bicyclic) bond motifs is 1. The van der Waals surface area contributed by atoms with Crippen LogP contribution < -0.4 is 15.5 Å². The fourth-order valence-electron chi connectivity index (χ4n) is 3.28. The maximum atomic E-state index is 12.9. The highest BCUT2D eigenvalue weighted by Gasteiger charge is 2.23. The monoisotopic (exact) mass is 410 g/mol. The quantitative estimate of drug-likeness (QED) is 0.667. The molecule has 0 saturated heterocycles. The van der Waals surface area contributed by atoms with Gasteiger partial charge in [0.15, 0.2) is 5.13 Å². The SMILES string of the molecule is O=C(Nc1ccc(F)cc1)Nc1nc(CC(=O)N2CCCc3ccccc32)cs1. The van der Waals surface area contributed by atoms with E-state index in [1.165, 1.54) is 41.2 Å². The highest BCUT2D eigenvalue weighted by molar-refractivity contribution is 7.14. The average molecular weight is 410 g/mol. The second kappa shape index (κ2) is 8.40. The van der Waals surface area contributed by atoms with Crippen molar-refractivity contribution in [2.45, 2.75) is 19.3 Å². The maximum absolute atomic E-state index is 12.9. The van der Waals surface area contributed by atoms with E-state index in [0.717, 1.165) is 18.5 Å². The molecule has 6 nitrogen and oxygen atoms in total. The van der Waals surface area contributed by atoms with Gasteiger partial charge in [0.25, 0.3) is 0 Å². The third-order valence-corrected chi connectivity index (χ3v) is 5.42. The van der Waals surface area contributed by atoms with E-state index in [1.807, 2.05) is 23.1 Å². The first-order valence-electron chi connectivity index (χ1n) is 9.25. The summed E-state index contributed by atoms with van der Waals surface area (Å²) < 4.78 is 12.9. The van der Waals surface area contributed by atoms with E-state index in [-0.39, 0.29) is 18.1 Å². The highest BCUT2D eigenvalue weighted by Crippen LogP contribution is 2.27. The van der Waals surface area contributed by atoms with Crippen LogP contribution in [0.15, 0.2) is 53.9 Å². The number of amides is 3. The second-order valence-corrected chi connectivity index (χ2v) is 7.54. The van der Waals surface area contributed by atoms with E-state index < -0.39 is 6.03 Å². The fourth-order valence-corrected chi connectivity index (χ4v) is 3.99. The number of nitrogens with zero attached hydrogens (tertiary/aromatic N) is 2. The van der Waals surface area contributed by atoms with Crippen molar-refractivity contribution >= 4 is 39.8 Å². The molecular weight excluding hydrogens is 391 g/mol. The van der Waals surface area contributed by atoms with Gasteiger partial charge in [0.1, 0.15) is 5.82 Å².